The van der Waals surface area contributed by atoms with E-state index in [0.717, 1.165) is 17.5 Å². The van der Waals surface area contributed by atoms with Crippen molar-refractivity contribution in [1.29, 1.82) is 0 Å². The predicted molar refractivity (Wildman–Crippen MR) is 65.8 cm³/mol. The molecule has 0 radical (unpaired) electrons. The van der Waals surface area contributed by atoms with Crippen LogP contribution in [0.25, 0.3) is 0 Å². The summed E-state index contributed by atoms with van der Waals surface area (Å²) in [7, 11) is 0. The molecule has 0 spiro atoms. The molecule has 1 fully saturated rings. The molecule has 2 atom stereocenters. The Kier molecular flexibility index (Phi) is 3.30. The molecule has 82 valence electrons. The first-order valence-electron chi connectivity index (χ1n) is 6.16. The number of hydrogen-bond acceptors (Lipinski definition) is 1. The minimum atomic E-state index is 0.757. The largest absolute Gasteiger partial charge is 0.399 e. The highest BCUT2D eigenvalue weighted by molar-refractivity contribution is 5.42. The molecule has 0 amide bonds. The normalized spacial score (nSPS) is 26.5. The van der Waals surface area contributed by atoms with Crippen molar-refractivity contribution in [3.8, 4) is 0 Å². The second-order valence-corrected chi connectivity index (χ2v) is 4.73. The van der Waals surface area contributed by atoms with E-state index >= 15 is 0 Å². The van der Waals surface area contributed by atoms with E-state index in [1.54, 1.807) is 0 Å². The Morgan fingerprint density at radius 3 is 2.80 bits per heavy atom. The van der Waals surface area contributed by atoms with Crippen molar-refractivity contribution >= 4 is 5.69 Å². The maximum atomic E-state index is 5.85. The lowest BCUT2D eigenvalue weighted by atomic mass is 9.74. The van der Waals surface area contributed by atoms with Gasteiger partial charge in [0, 0.05) is 5.69 Å². The van der Waals surface area contributed by atoms with Gasteiger partial charge in [0.05, 0.1) is 0 Å². The topological polar surface area (TPSA) is 26.0 Å². The molecule has 1 heteroatoms. The molecule has 0 bridgehead atoms. The summed E-state index contributed by atoms with van der Waals surface area (Å²) in [6.45, 7) is 2.31. The molecule has 0 aromatic heterocycles. The average Bonchev–Trinajstić information content (AvgIpc) is 2.29. The number of rotatable bonds is 2. The van der Waals surface area contributed by atoms with Crippen LogP contribution in [0.2, 0.25) is 0 Å². The van der Waals surface area contributed by atoms with Crippen molar-refractivity contribution in [2.24, 2.45) is 5.92 Å². The molecule has 0 heterocycles. The fourth-order valence-electron chi connectivity index (χ4n) is 2.92. The van der Waals surface area contributed by atoms with Gasteiger partial charge in [-0.3, -0.25) is 0 Å². The van der Waals surface area contributed by atoms with Crippen LogP contribution in [-0.2, 0) is 0 Å². The van der Waals surface area contributed by atoms with E-state index < -0.39 is 0 Å². The van der Waals surface area contributed by atoms with E-state index in [9.17, 15) is 0 Å². The fraction of sp³-hybridized carbons (Fsp3) is 0.571. The molecule has 0 aliphatic heterocycles. The lowest BCUT2D eigenvalue weighted by Crippen LogP contribution is -2.17. The molecule has 2 N–H and O–H groups in total. The lowest BCUT2D eigenvalue weighted by molar-refractivity contribution is 0.299. The van der Waals surface area contributed by atoms with Gasteiger partial charge in [-0.1, -0.05) is 38.3 Å². The van der Waals surface area contributed by atoms with Crippen LogP contribution in [0.15, 0.2) is 24.3 Å². The summed E-state index contributed by atoms with van der Waals surface area (Å²) < 4.78 is 0. The van der Waals surface area contributed by atoms with E-state index in [1.807, 2.05) is 6.07 Å². The molecule has 1 aromatic carbocycles. The summed E-state index contributed by atoms with van der Waals surface area (Å²) in [5.41, 5.74) is 8.22. The van der Waals surface area contributed by atoms with Crippen molar-refractivity contribution in [3.05, 3.63) is 29.8 Å². The Balaban J connectivity index is 2.20. The Morgan fingerprint density at radius 1 is 1.27 bits per heavy atom. The first kappa shape index (κ1) is 10.5. The van der Waals surface area contributed by atoms with Gasteiger partial charge in [-0.15, -0.1) is 0 Å². The zero-order valence-electron chi connectivity index (χ0n) is 9.58. The number of benzene rings is 1. The summed E-state index contributed by atoms with van der Waals surface area (Å²) in [5.74, 6) is 1.63. The maximum Gasteiger partial charge on any atom is 0.0316 e. The van der Waals surface area contributed by atoms with Gasteiger partial charge in [-0.25, -0.2) is 0 Å². The minimum absolute atomic E-state index is 0.757. The number of anilines is 1. The summed E-state index contributed by atoms with van der Waals surface area (Å²) in [5, 5.41) is 0. The summed E-state index contributed by atoms with van der Waals surface area (Å²) >= 11 is 0. The van der Waals surface area contributed by atoms with Gasteiger partial charge in [0.2, 0.25) is 0 Å². The Hall–Kier alpha value is -0.980. The SMILES string of the molecule is CC[C@@H]1CCCC[C@@H]1c1cccc(N)c1. The van der Waals surface area contributed by atoms with Gasteiger partial charge in [-0.05, 0) is 42.4 Å². The van der Waals surface area contributed by atoms with Crippen LogP contribution >= 0.6 is 0 Å². The molecule has 1 nitrogen and oxygen atoms in total. The second-order valence-electron chi connectivity index (χ2n) is 4.73. The standard InChI is InChI=1S/C14H21N/c1-2-11-6-3-4-9-14(11)12-7-5-8-13(15)10-12/h5,7-8,10-11,14H,2-4,6,9,15H2,1H3/t11-,14+/m1/s1. The van der Waals surface area contributed by atoms with Crippen LogP contribution in [0.3, 0.4) is 0 Å². The third-order valence-electron chi connectivity index (χ3n) is 3.77. The number of nitrogen functional groups attached to an aromatic ring is 1. The molecular formula is C14H21N. The van der Waals surface area contributed by atoms with Gasteiger partial charge < -0.3 is 5.73 Å². The highest BCUT2D eigenvalue weighted by Crippen LogP contribution is 2.39. The number of nitrogens with two attached hydrogens (primary N) is 1. The molecule has 1 aliphatic carbocycles. The van der Waals surface area contributed by atoms with Crippen LogP contribution in [0.1, 0.15) is 50.5 Å². The minimum Gasteiger partial charge on any atom is -0.399 e. The van der Waals surface area contributed by atoms with Gasteiger partial charge >= 0.3 is 0 Å². The third kappa shape index (κ3) is 2.34. The van der Waals surface area contributed by atoms with E-state index in [1.165, 1.54) is 37.7 Å². The zero-order valence-corrected chi connectivity index (χ0v) is 9.58. The summed E-state index contributed by atoms with van der Waals surface area (Å²) in [4.78, 5) is 0. The van der Waals surface area contributed by atoms with Crippen LogP contribution < -0.4 is 5.73 Å². The highest BCUT2D eigenvalue weighted by Gasteiger charge is 2.24. The summed E-state index contributed by atoms with van der Waals surface area (Å²) in [6.07, 6.45) is 6.85. The highest BCUT2D eigenvalue weighted by atomic mass is 14.5. The molecule has 0 unspecified atom stereocenters. The quantitative estimate of drug-likeness (QED) is 0.723. The Morgan fingerprint density at radius 2 is 2.07 bits per heavy atom. The van der Waals surface area contributed by atoms with E-state index in [0.29, 0.717) is 0 Å². The van der Waals surface area contributed by atoms with Crippen LogP contribution in [-0.4, -0.2) is 0 Å². The van der Waals surface area contributed by atoms with Crippen molar-refractivity contribution in [3.63, 3.8) is 0 Å². The maximum absolute atomic E-state index is 5.85. The van der Waals surface area contributed by atoms with Gasteiger partial charge in [0.15, 0.2) is 0 Å². The van der Waals surface area contributed by atoms with E-state index in [-0.39, 0.29) is 0 Å². The predicted octanol–water partition coefficient (Wildman–Crippen LogP) is 3.95. The van der Waals surface area contributed by atoms with Crippen LogP contribution in [0, 0.1) is 5.92 Å². The monoisotopic (exact) mass is 203 g/mol. The van der Waals surface area contributed by atoms with Gasteiger partial charge in [0.25, 0.3) is 0 Å². The third-order valence-corrected chi connectivity index (χ3v) is 3.77. The first-order valence-corrected chi connectivity index (χ1v) is 6.16. The molecule has 2 rings (SSSR count). The lowest BCUT2D eigenvalue weighted by Gasteiger charge is -2.31. The molecule has 15 heavy (non-hydrogen) atoms. The zero-order chi connectivity index (χ0) is 10.7. The van der Waals surface area contributed by atoms with Crippen LogP contribution in [0.4, 0.5) is 5.69 Å². The van der Waals surface area contributed by atoms with Crippen molar-refractivity contribution in [1.82, 2.24) is 0 Å². The van der Waals surface area contributed by atoms with Crippen molar-refractivity contribution in [2.75, 3.05) is 5.73 Å². The Labute approximate surface area is 92.7 Å². The molecule has 0 saturated heterocycles. The van der Waals surface area contributed by atoms with Crippen molar-refractivity contribution in [2.45, 2.75) is 44.9 Å². The first-order chi connectivity index (χ1) is 7.31. The van der Waals surface area contributed by atoms with Gasteiger partial charge in [0.1, 0.15) is 0 Å². The average molecular weight is 203 g/mol. The molecular weight excluding hydrogens is 182 g/mol. The van der Waals surface area contributed by atoms with Crippen LogP contribution in [0.5, 0.6) is 0 Å². The number of hydrogen-bond donors (Lipinski definition) is 1. The molecule has 1 aliphatic rings. The summed E-state index contributed by atoms with van der Waals surface area (Å²) in [6, 6.07) is 8.48. The molecule has 1 aromatic rings. The van der Waals surface area contributed by atoms with E-state index in [4.69, 9.17) is 5.73 Å². The van der Waals surface area contributed by atoms with Gasteiger partial charge in [-0.2, -0.15) is 0 Å². The van der Waals surface area contributed by atoms with E-state index in [2.05, 4.69) is 25.1 Å². The second kappa shape index (κ2) is 4.69. The Bertz CT molecular complexity index is 319. The molecule has 1 saturated carbocycles. The fourth-order valence-corrected chi connectivity index (χ4v) is 2.92. The van der Waals surface area contributed by atoms with Crippen molar-refractivity contribution < 1.29 is 0 Å². The smallest absolute Gasteiger partial charge is 0.0316 e.